The van der Waals surface area contributed by atoms with Crippen LogP contribution in [0.25, 0.3) is 21.7 Å². The molecule has 0 atom stereocenters. The summed E-state index contributed by atoms with van der Waals surface area (Å²) in [5.74, 6) is 0.878. The van der Waals surface area contributed by atoms with Gasteiger partial charge in [0, 0.05) is 4.47 Å². The van der Waals surface area contributed by atoms with Crippen molar-refractivity contribution in [2.45, 2.75) is 6.92 Å². The molecule has 17 heavy (non-hydrogen) atoms. The van der Waals surface area contributed by atoms with E-state index < -0.39 is 0 Å². The first-order chi connectivity index (χ1) is 8.13. The van der Waals surface area contributed by atoms with Gasteiger partial charge in [-0.2, -0.15) is 0 Å². The summed E-state index contributed by atoms with van der Waals surface area (Å²) in [7, 11) is 0. The van der Waals surface area contributed by atoms with Gasteiger partial charge in [-0.15, -0.1) is 11.3 Å². The van der Waals surface area contributed by atoms with E-state index in [-0.39, 0.29) is 0 Å². The number of H-pyrrole nitrogens is 1. The number of benzene rings is 1. The van der Waals surface area contributed by atoms with E-state index in [0.29, 0.717) is 0 Å². The predicted molar refractivity (Wildman–Crippen MR) is 76.3 cm³/mol. The van der Waals surface area contributed by atoms with Crippen molar-refractivity contribution in [3.05, 3.63) is 34.3 Å². The molecule has 0 radical (unpaired) electrons. The highest BCUT2D eigenvalue weighted by molar-refractivity contribution is 9.10. The van der Waals surface area contributed by atoms with Gasteiger partial charge in [-0.3, -0.25) is 0 Å². The molecule has 3 aromatic rings. The van der Waals surface area contributed by atoms with E-state index in [1.807, 2.05) is 18.2 Å². The topological polar surface area (TPSA) is 54.7 Å². The number of aryl methyl sites for hydroxylation is 1. The first-order valence-electron chi connectivity index (χ1n) is 5.15. The number of hydrogen-bond acceptors (Lipinski definition) is 3. The number of halogens is 1. The minimum atomic E-state index is 0.804. The highest BCUT2D eigenvalue weighted by Gasteiger charge is 2.09. The Balaban J connectivity index is 2.23. The van der Waals surface area contributed by atoms with Gasteiger partial charge < -0.3 is 10.7 Å². The van der Waals surface area contributed by atoms with Crippen LogP contribution in [0.4, 0.5) is 5.00 Å². The van der Waals surface area contributed by atoms with Gasteiger partial charge in [0.15, 0.2) is 0 Å². The van der Waals surface area contributed by atoms with E-state index in [1.165, 1.54) is 11.3 Å². The lowest BCUT2D eigenvalue weighted by molar-refractivity contribution is 1.35. The lowest BCUT2D eigenvalue weighted by Crippen LogP contribution is -1.76. The van der Waals surface area contributed by atoms with Gasteiger partial charge in [0.1, 0.15) is 5.82 Å². The van der Waals surface area contributed by atoms with Crippen molar-refractivity contribution >= 4 is 43.3 Å². The number of rotatable bonds is 1. The Kier molecular flexibility index (Phi) is 2.45. The van der Waals surface area contributed by atoms with Crippen LogP contribution in [-0.4, -0.2) is 9.97 Å². The third-order valence-electron chi connectivity index (χ3n) is 2.60. The number of aromatic nitrogens is 2. The van der Waals surface area contributed by atoms with Crippen molar-refractivity contribution in [2.24, 2.45) is 0 Å². The summed E-state index contributed by atoms with van der Waals surface area (Å²) in [6.45, 7) is 2.06. The van der Waals surface area contributed by atoms with Gasteiger partial charge in [-0.05, 0) is 36.8 Å². The third-order valence-corrected chi connectivity index (χ3v) is 3.98. The molecule has 0 fully saturated rings. The van der Waals surface area contributed by atoms with Crippen LogP contribution in [0.15, 0.2) is 28.7 Å². The van der Waals surface area contributed by atoms with E-state index in [1.54, 1.807) is 0 Å². The maximum absolute atomic E-state index is 5.73. The van der Waals surface area contributed by atoms with Crippen molar-refractivity contribution < 1.29 is 0 Å². The van der Waals surface area contributed by atoms with Crippen LogP contribution < -0.4 is 5.73 Å². The number of fused-ring (bicyclic) bond motifs is 1. The molecule has 3 rings (SSSR count). The van der Waals surface area contributed by atoms with E-state index in [2.05, 4.69) is 38.9 Å². The summed E-state index contributed by atoms with van der Waals surface area (Å²) in [4.78, 5) is 9.00. The lowest BCUT2D eigenvalue weighted by Gasteiger charge is -1.94. The molecule has 3 nitrogen and oxygen atoms in total. The molecule has 0 aliphatic heterocycles. The van der Waals surface area contributed by atoms with Crippen molar-refractivity contribution in [3.63, 3.8) is 0 Å². The molecule has 0 amide bonds. The first kappa shape index (κ1) is 10.8. The molecule has 0 unspecified atom stereocenters. The second-order valence-corrected chi connectivity index (χ2v) is 5.94. The van der Waals surface area contributed by atoms with Crippen LogP contribution >= 0.6 is 27.3 Å². The molecule has 0 bridgehead atoms. The zero-order valence-corrected chi connectivity index (χ0v) is 11.5. The van der Waals surface area contributed by atoms with Crippen LogP contribution in [0.2, 0.25) is 0 Å². The molecule has 2 aromatic heterocycles. The Hall–Kier alpha value is -1.33. The molecule has 2 heterocycles. The van der Waals surface area contributed by atoms with Crippen molar-refractivity contribution in [3.8, 4) is 10.7 Å². The maximum Gasteiger partial charge on any atom is 0.148 e. The molecule has 1 aromatic carbocycles. The molecule has 3 N–H and O–H groups in total. The van der Waals surface area contributed by atoms with Gasteiger partial charge in [0.25, 0.3) is 0 Å². The molecule has 0 spiro atoms. The van der Waals surface area contributed by atoms with Gasteiger partial charge in [-0.25, -0.2) is 4.98 Å². The molecule has 0 saturated carbocycles. The summed E-state index contributed by atoms with van der Waals surface area (Å²) in [6.07, 6.45) is 0. The number of nitrogens with zero attached hydrogens (tertiary/aromatic N) is 1. The Morgan fingerprint density at radius 3 is 2.88 bits per heavy atom. The van der Waals surface area contributed by atoms with E-state index in [9.17, 15) is 0 Å². The standard InChI is InChI=1S/C12H10BrN3S/c1-6-4-7(13)5-8-11(6)16-12(15-8)9-2-3-10(14)17-9/h2-5H,14H2,1H3,(H,15,16). The smallest absolute Gasteiger partial charge is 0.148 e. The van der Waals surface area contributed by atoms with Crippen LogP contribution in [0, 0.1) is 6.92 Å². The van der Waals surface area contributed by atoms with Crippen LogP contribution in [-0.2, 0) is 0 Å². The van der Waals surface area contributed by atoms with Crippen LogP contribution in [0.1, 0.15) is 5.56 Å². The first-order valence-corrected chi connectivity index (χ1v) is 6.76. The monoisotopic (exact) mass is 307 g/mol. The molecule has 86 valence electrons. The summed E-state index contributed by atoms with van der Waals surface area (Å²) < 4.78 is 1.06. The summed E-state index contributed by atoms with van der Waals surface area (Å²) in [5.41, 5.74) is 8.94. The third kappa shape index (κ3) is 1.85. The average Bonchev–Trinajstić information content (AvgIpc) is 2.83. The fourth-order valence-corrected chi connectivity index (χ4v) is 3.14. The lowest BCUT2D eigenvalue weighted by atomic mass is 10.2. The average molecular weight is 308 g/mol. The number of nitrogens with two attached hydrogens (primary N) is 1. The van der Waals surface area contributed by atoms with E-state index in [0.717, 1.165) is 36.8 Å². The van der Waals surface area contributed by atoms with Gasteiger partial charge in [0.2, 0.25) is 0 Å². The normalized spacial score (nSPS) is 11.2. The van der Waals surface area contributed by atoms with Crippen LogP contribution in [0.3, 0.4) is 0 Å². The second kappa shape index (κ2) is 3.85. The summed E-state index contributed by atoms with van der Waals surface area (Å²) >= 11 is 5.03. The highest BCUT2D eigenvalue weighted by atomic mass is 79.9. The number of imidazole rings is 1. The van der Waals surface area contributed by atoms with Gasteiger partial charge in [0.05, 0.1) is 20.9 Å². The Morgan fingerprint density at radius 2 is 2.18 bits per heavy atom. The van der Waals surface area contributed by atoms with Crippen LogP contribution in [0.5, 0.6) is 0 Å². The predicted octanol–water partition coefficient (Wildman–Crippen LogP) is 3.94. The fourth-order valence-electron chi connectivity index (χ4n) is 1.84. The number of anilines is 1. The largest absolute Gasteiger partial charge is 0.391 e. The number of hydrogen-bond donors (Lipinski definition) is 2. The number of nitrogens with one attached hydrogen (secondary N) is 1. The highest BCUT2D eigenvalue weighted by Crippen LogP contribution is 2.30. The number of nitrogen functional groups attached to an aromatic ring is 1. The molecular formula is C12H10BrN3S. The van der Waals surface area contributed by atoms with Gasteiger partial charge in [-0.1, -0.05) is 15.9 Å². The summed E-state index contributed by atoms with van der Waals surface area (Å²) in [5, 5.41) is 0.804. The minimum absolute atomic E-state index is 0.804. The van der Waals surface area contributed by atoms with E-state index in [4.69, 9.17) is 5.73 Å². The number of aromatic amines is 1. The van der Waals surface area contributed by atoms with Crippen molar-refractivity contribution in [2.75, 3.05) is 5.73 Å². The van der Waals surface area contributed by atoms with Gasteiger partial charge >= 0.3 is 0 Å². The van der Waals surface area contributed by atoms with Crippen molar-refractivity contribution in [1.82, 2.24) is 9.97 Å². The SMILES string of the molecule is Cc1cc(Br)cc2[nH]c(-c3ccc(N)s3)nc12. The Bertz CT molecular complexity index is 699. The van der Waals surface area contributed by atoms with Crippen molar-refractivity contribution in [1.29, 1.82) is 0 Å². The summed E-state index contributed by atoms with van der Waals surface area (Å²) in [6, 6.07) is 7.99. The fraction of sp³-hybridized carbons (Fsp3) is 0.0833. The number of thiophene rings is 1. The Morgan fingerprint density at radius 1 is 1.35 bits per heavy atom. The molecule has 0 aliphatic carbocycles. The zero-order chi connectivity index (χ0) is 12.0. The molecular weight excluding hydrogens is 298 g/mol. The molecule has 0 aliphatic rings. The zero-order valence-electron chi connectivity index (χ0n) is 9.12. The van der Waals surface area contributed by atoms with E-state index >= 15 is 0 Å². The minimum Gasteiger partial charge on any atom is -0.391 e. The Labute approximate surface area is 111 Å². The molecule has 0 saturated heterocycles. The maximum atomic E-state index is 5.73. The molecule has 5 heteroatoms. The quantitative estimate of drug-likeness (QED) is 0.715. The second-order valence-electron chi connectivity index (χ2n) is 3.91.